The normalized spacial score (nSPS) is 17.5. The van der Waals surface area contributed by atoms with E-state index < -0.39 is 0 Å². The molecule has 0 amide bonds. The number of Topliss-reactive ketones (excluding diaryl/α,β-unsaturated/α-hetero) is 1. The molecule has 0 saturated heterocycles. The summed E-state index contributed by atoms with van der Waals surface area (Å²) in [5, 5.41) is 0. The maximum Gasteiger partial charge on any atom is 0.137 e. The fourth-order valence-corrected chi connectivity index (χ4v) is 2.89. The van der Waals surface area contributed by atoms with Crippen LogP contribution in [0.5, 0.6) is 0 Å². The van der Waals surface area contributed by atoms with Gasteiger partial charge < -0.3 is 5.73 Å². The van der Waals surface area contributed by atoms with E-state index in [1.165, 1.54) is 6.42 Å². The van der Waals surface area contributed by atoms with Crippen LogP contribution < -0.4 is 5.73 Å². The molecule has 0 aliphatic heterocycles. The second-order valence-corrected chi connectivity index (χ2v) is 5.90. The first-order valence-corrected chi connectivity index (χ1v) is 6.90. The molecule has 1 fully saturated rings. The van der Waals surface area contributed by atoms with E-state index in [0.717, 1.165) is 22.9 Å². The maximum absolute atomic E-state index is 12.1. The highest BCUT2D eigenvalue weighted by Gasteiger charge is 2.37. The van der Waals surface area contributed by atoms with Gasteiger partial charge in [-0.25, -0.2) is 0 Å². The minimum Gasteiger partial charge on any atom is -0.330 e. The second kappa shape index (κ2) is 5.32. The van der Waals surface area contributed by atoms with Crippen LogP contribution in [0.2, 0.25) is 0 Å². The molecule has 1 aromatic carbocycles. The van der Waals surface area contributed by atoms with E-state index in [4.69, 9.17) is 5.73 Å². The molecule has 2 N–H and O–H groups in total. The molecule has 0 atom stereocenters. The summed E-state index contributed by atoms with van der Waals surface area (Å²) in [6, 6.07) is 7.91. The summed E-state index contributed by atoms with van der Waals surface area (Å²) in [4.78, 5) is 12.1. The topological polar surface area (TPSA) is 43.1 Å². The Balaban J connectivity index is 1.96. The van der Waals surface area contributed by atoms with Gasteiger partial charge in [-0.1, -0.05) is 40.5 Å². The molecule has 17 heavy (non-hydrogen) atoms. The average Bonchev–Trinajstić information content (AvgIpc) is 2.27. The van der Waals surface area contributed by atoms with E-state index in [1.807, 2.05) is 24.3 Å². The van der Waals surface area contributed by atoms with Crippen LogP contribution >= 0.6 is 15.9 Å². The van der Waals surface area contributed by atoms with Crippen LogP contribution in [0.3, 0.4) is 0 Å². The molecule has 1 aliphatic rings. The Bertz CT molecular complexity index is 407. The molecule has 1 aromatic rings. The smallest absolute Gasteiger partial charge is 0.137 e. The summed E-state index contributed by atoms with van der Waals surface area (Å²) in [6.07, 6.45) is 4.61. The van der Waals surface area contributed by atoms with Crippen molar-refractivity contribution in [3.8, 4) is 0 Å². The molecule has 2 nitrogen and oxygen atoms in total. The first kappa shape index (κ1) is 12.8. The number of carbonyl (C=O) groups excluding carboxylic acids is 1. The van der Waals surface area contributed by atoms with E-state index in [0.29, 0.717) is 25.2 Å². The molecule has 0 heterocycles. The standard InChI is InChI=1S/C14H18BrNO/c15-13-5-2-1-4-11(13)8-12(17)9-14(10-16)6-3-7-14/h1-2,4-5H,3,6-10,16H2. The van der Waals surface area contributed by atoms with Gasteiger partial charge in [0.15, 0.2) is 0 Å². The monoisotopic (exact) mass is 295 g/mol. The molecule has 0 bridgehead atoms. The van der Waals surface area contributed by atoms with E-state index in [-0.39, 0.29) is 5.41 Å². The number of benzene rings is 1. The zero-order valence-electron chi connectivity index (χ0n) is 9.92. The minimum absolute atomic E-state index is 0.123. The highest BCUT2D eigenvalue weighted by Crippen LogP contribution is 2.43. The van der Waals surface area contributed by atoms with Gasteiger partial charge >= 0.3 is 0 Å². The van der Waals surface area contributed by atoms with Crippen molar-refractivity contribution in [3.05, 3.63) is 34.3 Å². The van der Waals surface area contributed by atoms with Crippen LogP contribution in [-0.4, -0.2) is 12.3 Å². The lowest BCUT2D eigenvalue weighted by atomic mass is 9.65. The first-order chi connectivity index (χ1) is 8.15. The minimum atomic E-state index is 0.123. The lowest BCUT2D eigenvalue weighted by Gasteiger charge is -2.40. The highest BCUT2D eigenvalue weighted by molar-refractivity contribution is 9.10. The molecule has 92 valence electrons. The van der Waals surface area contributed by atoms with Gasteiger partial charge in [0, 0.05) is 17.3 Å². The van der Waals surface area contributed by atoms with Crippen LogP contribution in [-0.2, 0) is 11.2 Å². The predicted molar refractivity (Wildman–Crippen MR) is 72.8 cm³/mol. The van der Waals surface area contributed by atoms with E-state index >= 15 is 0 Å². The Kier molecular flexibility index (Phi) is 4.00. The third-order valence-corrected chi connectivity index (χ3v) is 4.54. The fourth-order valence-electron chi connectivity index (χ4n) is 2.46. The number of rotatable bonds is 5. The third kappa shape index (κ3) is 2.96. The van der Waals surface area contributed by atoms with Gasteiger partial charge in [-0.15, -0.1) is 0 Å². The van der Waals surface area contributed by atoms with Crippen LogP contribution in [0, 0.1) is 5.41 Å². The average molecular weight is 296 g/mol. The SMILES string of the molecule is NCC1(CC(=O)Cc2ccccc2Br)CCC1. The summed E-state index contributed by atoms with van der Waals surface area (Å²) in [5.74, 6) is 0.307. The van der Waals surface area contributed by atoms with Crippen molar-refractivity contribution in [2.24, 2.45) is 11.1 Å². The van der Waals surface area contributed by atoms with Gasteiger partial charge in [-0.2, -0.15) is 0 Å². The second-order valence-electron chi connectivity index (χ2n) is 5.04. The molecule has 0 unspecified atom stereocenters. The van der Waals surface area contributed by atoms with Crippen molar-refractivity contribution >= 4 is 21.7 Å². The molecular weight excluding hydrogens is 278 g/mol. The van der Waals surface area contributed by atoms with Gasteiger partial charge in [0.2, 0.25) is 0 Å². The van der Waals surface area contributed by atoms with Gasteiger partial charge in [0.05, 0.1) is 0 Å². The van der Waals surface area contributed by atoms with Gasteiger partial charge in [-0.3, -0.25) is 4.79 Å². The predicted octanol–water partition coefficient (Wildman–Crippen LogP) is 3.08. The van der Waals surface area contributed by atoms with Crippen molar-refractivity contribution in [1.82, 2.24) is 0 Å². The van der Waals surface area contributed by atoms with Gasteiger partial charge in [0.25, 0.3) is 0 Å². The molecule has 2 rings (SSSR count). The molecular formula is C14H18BrNO. The molecule has 0 spiro atoms. The Hall–Kier alpha value is -0.670. The van der Waals surface area contributed by atoms with Crippen molar-refractivity contribution in [2.45, 2.75) is 32.1 Å². The van der Waals surface area contributed by atoms with E-state index in [1.54, 1.807) is 0 Å². The maximum atomic E-state index is 12.1. The number of carbonyl (C=O) groups is 1. The Labute approximate surface area is 111 Å². The largest absolute Gasteiger partial charge is 0.330 e. The molecule has 1 saturated carbocycles. The van der Waals surface area contributed by atoms with Crippen LogP contribution in [0.1, 0.15) is 31.2 Å². The third-order valence-electron chi connectivity index (χ3n) is 3.76. The van der Waals surface area contributed by atoms with E-state index in [9.17, 15) is 4.79 Å². The summed E-state index contributed by atoms with van der Waals surface area (Å²) >= 11 is 3.48. The summed E-state index contributed by atoms with van der Waals surface area (Å²) in [7, 11) is 0. The Morgan fingerprint density at radius 2 is 2.06 bits per heavy atom. The Morgan fingerprint density at radius 1 is 1.35 bits per heavy atom. The van der Waals surface area contributed by atoms with Crippen LogP contribution in [0.25, 0.3) is 0 Å². The lowest BCUT2D eigenvalue weighted by molar-refractivity contribution is -0.122. The van der Waals surface area contributed by atoms with Crippen molar-refractivity contribution < 1.29 is 4.79 Å². The molecule has 1 aliphatic carbocycles. The highest BCUT2D eigenvalue weighted by atomic mass is 79.9. The van der Waals surface area contributed by atoms with Crippen molar-refractivity contribution in [1.29, 1.82) is 0 Å². The first-order valence-electron chi connectivity index (χ1n) is 6.10. The summed E-state index contributed by atoms with van der Waals surface area (Å²) in [5.41, 5.74) is 6.98. The number of ketones is 1. The summed E-state index contributed by atoms with van der Waals surface area (Å²) < 4.78 is 1.02. The Morgan fingerprint density at radius 3 is 2.59 bits per heavy atom. The van der Waals surface area contributed by atoms with Gasteiger partial charge in [0.1, 0.15) is 5.78 Å². The summed E-state index contributed by atoms with van der Waals surface area (Å²) in [6.45, 7) is 0.648. The lowest BCUT2D eigenvalue weighted by Crippen LogP contribution is -2.39. The van der Waals surface area contributed by atoms with E-state index in [2.05, 4.69) is 15.9 Å². The van der Waals surface area contributed by atoms with Crippen molar-refractivity contribution in [2.75, 3.05) is 6.54 Å². The molecule has 0 radical (unpaired) electrons. The number of hydrogen-bond donors (Lipinski definition) is 1. The molecule has 0 aromatic heterocycles. The zero-order chi connectivity index (χ0) is 12.3. The number of halogens is 1. The van der Waals surface area contributed by atoms with Gasteiger partial charge in [-0.05, 0) is 36.4 Å². The molecule has 3 heteroatoms. The van der Waals surface area contributed by atoms with Crippen LogP contribution in [0.4, 0.5) is 0 Å². The number of hydrogen-bond acceptors (Lipinski definition) is 2. The fraction of sp³-hybridized carbons (Fsp3) is 0.500. The van der Waals surface area contributed by atoms with Crippen LogP contribution in [0.15, 0.2) is 28.7 Å². The van der Waals surface area contributed by atoms with Crippen molar-refractivity contribution in [3.63, 3.8) is 0 Å². The quantitative estimate of drug-likeness (QED) is 0.907. The number of nitrogens with two attached hydrogens (primary N) is 1. The zero-order valence-corrected chi connectivity index (χ0v) is 11.5.